The second-order valence-corrected chi connectivity index (χ2v) is 10.2. The van der Waals surface area contributed by atoms with Crippen LogP contribution < -0.4 is 4.74 Å². The summed E-state index contributed by atoms with van der Waals surface area (Å²) in [5, 5.41) is 9.66. The molecule has 7 nitrogen and oxygen atoms in total. The molecule has 38 heavy (non-hydrogen) atoms. The number of benzene rings is 2. The fourth-order valence-electron chi connectivity index (χ4n) is 5.49. The molecule has 7 heteroatoms. The Bertz CT molecular complexity index is 1520. The first-order chi connectivity index (χ1) is 18.6. The van der Waals surface area contributed by atoms with Crippen LogP contribution in [0.1, 0.15) is 30.5 Å². The second-order valence-electron chi connectivity index (χ2n) is 10.2. The number of carbonyl (C=O) groups excluding carboxylic acids is 1. The molecule has 6 rings (SSSR count). The highest BCUT2D eigenvalue weighted by Crippen LogP contribution is 2.32. The molecule has 0 spiro atoms. The van der Waals surface area contributed by atoms with Crippen LogP contribution >= 0.6 is 0 Å². The lowest BCUT2D eigenvalue weighted by atomic mass is 9.84. The number of rotatable bonds is 6. The van der Waals surface area contributed by atoms with Gasteiger partial charge in [-0.15, -0.1) is 0 Å². The Hall–Kier alpha value is -4.15. The number of carbonyl (C=O) groups is 1. The lowest BCUT2D eigenvalue weighted by Gasteiger charge is -2.38. The Labute approximate surface area is 222 Å². The molecule has 1 aliphatic heterocycles. The second kappa shape index (κ2) is 10.3. The van der Waals surface area contributed by atoms with Crippen LogP contribution in [-0.2, 0) is 11.3 Å². The smallest absolute Gasteiger partial charge is 0.225 e. The quantitative estimate of drug-likeness (QED) is 0.369. The normalized spacial score (nSPS) is 16.3. The summed E-state index contributed by atoms with van der Waals surface area (Å²) in [7, 11) is 1.67. The van der Waals surface area contributed by atoms with Gasteiger partial charge in [-0.3, -0.25) is 9.69 Å². The number of amides is 1. The summed E-state index contributed by atoms with van der Waals surface area (Å²) < 4.78 is 7.65. The molecule has 1 saturated carbocycles. The standard InChI is InChI=1S/C31H31N5O2/c1-38-26-10-5-9-23(18-26)30-28(21-34-14-16-35(17-15-34)31(37)22-7-4-8-22)36-20-25(12-13-29(36)33-30)27-11-3-2-6-24(27)19-32/h2-3,5-6,9-13,18,20,22H,4,7-8,14-17,21H2,1H3. The predicted octanol–water partition coefficient (Wildman–Crippen LogP) is 4.99. The molecule has 0 atom stereocenters. The number of methoxy groups -OCH3 is 1. The number of fused-ring (bicyclic) bond motifs is 1. The first-order valence-electron chi connectivity index (χ1n) is 13.3. The van der Waals surface area contributed by atoms with Crippen LogP contribution in [0.3, 0.4) is 0 Å². The van der Waals surface area contributed by atoms with Crippen molar-refractivity contribution in [1.29, 1.82) is 5.26 Å². The van der Waals surface area contributed by atoms with Crippen LogP contribution in [0.2, 0.25) is 0 Å². The van der Waals surface area contributed by atoms with Crippen molar-refractivity contribution in [3.63, 3.8) is 0 Å². The van der Waals surface area contributed by atoms with E-state index < -0.39 is 0 Å². The summed E-state index contributed by atoms with van der Waals surface area (Å²) in [4.78, 5) is 22.3. The minimum Gasteiger partial charge on any atom is -0.497 e. The van der Waals surface area contributed by atoms with Crippen LogP contribution in [0.5, 0.6) is 5.75 Å². The highest BCUT2D eigenvalue weighted by Gasteiger charge is 2.31. The lowest BCUT2D eigenvalue weighted by Crippen LogP contribution is -2.50. The maximum absolute atomic E-state index is 12.8. The molecule has 4 aromatic rings. The van der Waals surface area contributed by atoms with Gasteiger partial charge in [-0.25, -0.2) is 4.98 Å². The molecule has 192 valence electrons. The summed E-state index contributed by atoms with van der Waals surface area (Å²) in [5.41, 5.74) is 6.39. The fourth-order valence-corrected chi connectivity index (χ4v) is 5.49. The molecule has 0 radical (unpaired) electrons. The largest absolute Gasteiger partial charge is 0.497 e. The number of nitriles is 1. The van der Waals surface area contributed by atoms with E-state index in [2.05, 4.69) is 32.5 Å². The molecule has 2 fully saturated rings. The van der Waals surface area contributed by atoms with Gasteiger partial charge in [-0.1, -0.05) is 36.8 Å². The van der Waals surface area contributed by atoms with Crippen molar-refractivity contribution in [2.75, 3.05) is 33.3 Å². The number of imidazole rings is 1. The molecule has 1 amide bonds. The Balaban J connectivity index is 1.36. The molecule has 3 heterocycles. The van der Waals surface area contributed by atoms with Crippen LogP contribution in [0.4, 0.5) is 0 Å². The number of pyridine rings is 1. The first kappa shape index (κ1) is 24.2. The van der Waals surface area contributed by atoms with E-state index in [1.165, 1.54) is 6.42 Å². The van der Waals surface area contributed by atoms with Gasteiger partial charge >= 0.3 is 0 Å². The van der Waals surface area contributed by atoms with E-state index in [-0.39, 0.29) is 5.92 Å². The molecular formula is C31H31N5O2. The van der Waals surface area contributed by atoms with Gasteiger partial charge in [-0.05, 0) is 48.7 Å². The van der Waals surface area contributed by atoms with Gasteiger partial charge in [0.2, 0.25) is 5.91 Å². The third-order valence-electron chi connectivity index (χ3n) is 7.93. The van der Waals surface area contributed by atoms with Crippen molar-refractivity contribution >= 4 is 11.6 Å². The SMILES string of the molecule is COc1cccc(-c2nc3ccc(-c4ccccc4C#N)cn3c2CN2CCN(C(=O)C3CCC3)CC2)c1. The molecule has 0 N–H and O–H groups in total. The van der Waals surface area contributed by atoms with Gasteiger partial charge in [0.25, 0.3) is 0 Å². The molecule has 1 saturated heterocycles. The molecule has 2 aromatic heterocycles. The average Bonchev–Trinajstić information content (AvgIpc) is 3.30. The van der Waals surface area contributed by atoms with E-state index in [9.17, 15) is 10.1 Å². The van der Waals surface area contributed by atoms with Crippen LogP contribution in [0, 0.1) is 17.2 Å². The first-order valence-corrected chi connectivity index (χ1v) is 13.3. The van der Waals surface area contributed by atoms with Crippen molar-refractivity contribution in [3.8, 4) is 34.2 Å². The Kier molecular flexibility index (Phi) is 6.57. The maximum Gasteiger partial charge on any atom is 0.225 e. The maximum atomic E-state index is 12.8. The molecule has 0 unspecified atom stereocenters. The van der Waals surface area contributed by atoms with Gasteiger partial charge in [-0.2, -0.15) is 5.26 Å². The zero-order valence-corrected chi connectivity index (χ0v) is 21.6. The number of nitrogens with zero attached hydrogens (tertiary/aromatic N) is 5. The van der Waals surface area contributed by atoms with E-state index >= 15 is 0 Å². The number of hydrogen-bond donors (Lipinski definition) is 0. The van der Waals surface area contributed by atoms with Gasteiger partial charge in [0.05, 0.1) is 30.1 Å². The summed E-state index contributed by atoms with van der Waals surface area (Å²) in [6, 6.07) is 22.1. The number of ether oxygens (including phenoxy) is 1. The molecule has 2 aromatic carbocycles. The van der Waals surface area contributed by atoms with Crippen LogP contribution in [0.25, 0.3) is 28.0 Å². The minimum absolute atomic E-state index is 0.245. The predicted molar refractivity (Wildman–Crippen MR) is 147 cm³/mol. The molecule has 0 bridgehead atoms. The Morgan fingerprint density at radius 2 is 1.84 bits per heavy atom. The van der Waals surface area contributed by atoms with Gasteiger partial charge in [0.15, 0.2) is 0 Å². The number of hydrogen-bond acceptors (Lipinski definition) is 5. The van der Waals surface area contributed by atoms with Gasteiger partial charge < -0.3 is 14.0 Å². The van der Waals surface area contributed by atoms with Crippen molar-refractivity contribution in [3.05, 3.63) is 78.1 Å². The topological polar surface area (TPSA) is 73.9 Å². The monoisotopic (exact) mass is 505 g/mol. The average molecular weight is 506 g/mol. The van der Waals surface area contributed by atoms with Crippen LogP contribution in [-0.4, -0.2) is 58.4 Å². The van der Waals surface area contributed by atoms with Crippen LogP contribution in [0.15, 0.2) is 66.9 Å². The van der Waals surface area contributed by atoms with E-state index in [4.69, 9.17) is 9.72 Å². The van der Waals surface area contributed by atoms with Crippen molar-refractivity contribution in [2.45, 2.75) is 25.8 Å². The van der Waals surface area contributed by atoms with E-state index in [1.54, 1.807) is 7.11 Å². The zero-order valence-electron chi connectivity index (χ0n) is 21.6. The van der Waals surface area contributed by atoms with Gasteiger partial charge in [0, 0.05) is 56.0 Å². The molecule has 1 aliphatic carbocycles. The minimum atomic E-state index is 0.245. The number of piperazine rings is 1. The molecule has 2 aliphatic rings. The van der Waals surface area contributed by atoms with E-state index in [1.807, 2.05) is 54.6 Å². The Morgan fingerprint density at radius 3 is 2.58 bits per heavy atom. The van der Waals surface area contributed by atoms with Gasteiger partial charge in [0.1, 0.15) is 11.4 Å². The van der Waals surface area contributed by atoms with E-state index in [0.717, 1.165) is 78.5 Å². The molecular weight excluding hydrogens is 474 g/mol. The van der Waals surface area contributed by atoms with Crippen molar-refractivity contribution < 1.29 is 9.53 Å². The third-order valence-corrected chi connectivity index (χ3v) is 7.93. The lowest BCUT2D eigenvalue weighted by molar-refractivity contribution is -0.140. The van der Waals surface area contributed by atoms with E-state index in [0.29, 0.717) is 18.0 Å². The highest BCUT2D eigenvalue weighted by atomic mass is 16.5. The third kappa shape index (κ3) is 4.52. The van der Waals surface area contributed by atoms with Crippen molar-refractivity contribution in [2.24, 2.45) is 5.92 Å². The summed E-state index contributed by atoms with van der Waals surface area (Å²) in [5.74, 6) is 1.37. The summed E-state index contributed by atoms with van der Waals surface area (Å²) in [6.07, 6.45) is 5.36. The number of aromatic nitrogens is 2. The van der Waals surface area contributed by atoms with Crippen molar-refractivity contribution in [1.82, 2.24) is 19.2 Å². The fraction of sp³-hybridized carbons (Fsp3) is 0.323. The summed E-state index contributed by atoms with van der Waals surface area (Å²) in [6.45, 7) is 3.91. The highest BCUT2D eigenvalue weighted by molar-refractivity contribution is 5.79. The summed E-state index contributed by atoms with van der Waals surface area (Å²) >= 11 is 0. The zero-order chi connectivity index (χ0) is 26.1. The Morgan fingerprint density at radius 1 is 1.03 bits per heavy atom.